The van der Waals surface area contributed by atoms with Crippen LogP contribution in [0.4, 0.5) is 5.95 Å². The fourth-order valence-corrected chi connectivity index (χ4v) is 2.51. The molecule has 1 N–H and O–H groups in total. The average Bonchev–Trinajstić information content (AvgIpc) is 2.90. The number of fused-ring (bicyclic) bond motifs is 1. The molecule has 8 nitrogen and oxygen atoms in total. The predicted octanol–water partition coefficient (Wildman–Crippen LogP) is 0.738. The van der Waals surface area contributed by atoms with Crippen LogP contribution in [0.3, 0.4) is 0 Å². The first-order valence-electron chi connectivity index (χ1n) is 6.51. The Labute approximate surface area is 120 Å². The van der Waals surface area contributed by atoms with Crippen molar-refractivity contribution in [2.75, 3.05) is 5.32 Å². The van der Waals surface area contributed by atoms with Crippen LogP contribution in [0.2, 0.25) is 0 Å². The minimum Gasteiger partial charge on any atom is -0.325 e. The third-order valence-corrected chi connectivity index (χ3v) is 3.60. The molecule has 21 heavy (non-hydrogen) atoms. The highest BCUT2D eigenvalue weighted by Crippen LogP contribution is 2.29. The second-order valence-corrected chi connectivity index (χ2v) is 5.04. The summed E-state index contributed by atoms with van der Waals surface area (Å²) in [4.78, 5) is 14.9. The summed E-state index contributed by atoms with van der Waals surface area (Å²) < 4.78 is 3.51. The average molecular weight is 287 g/mol. The van der Waals surface area contributed by atoms with Crippen LogP contribution in [0.15, 0.2) is 36.7 Å². The Kier molecular flexibility index (Phi) is 3.13. The Hall–Kier alpha value is -2.77. The number of rotatable bonds is 3. The van der Waals surface area contributed by atoms with Crippen molar-refractivity contribution in [3.05, 3.63) is 57.9 Å². The van der Waals surface area contributed by atoms with E-state index in [-0.39, 0.29) is 10.6 Å². The summed E-state index contributed by atoms with van der Waals surface area (Å²) in [6.45, 7) is 1.99. The summed E-state index contributed by atoms with van der Waals surface area (Å²) in [5.41, 5.74) is 2.22. The molecule has 1 unspecified atom stereocenters. The van der Waals surface area contributed by atoms with E-state index in [2.05, 4.69) is 15.4 Å². The summed E-state index contributed by atoms with van der Waals surface area (Å²) in [6, 6.07) is 1.51. The molecule has 3 heterocycles. The highest BCUT2D eigenvalue weighted by Gasteiger charge is 2.33. The molecular formula is C13H15N6O2+. The Morgan fingerprint density at radius 2 is 2.38 bits per heavy atom. The van der Waals surface area contributed by atoms with Gasteiger partial charge in [-0.05, 0) is 12.5 Å². The first-order chi connectivity index (χ1) is 10.1. The van der Waals surface area contributed by atoms with Gasteiger partial charge in [-0.3, -0.25) is 10.1 Å². The summed E-state index contributed by atoms with van der Waals surface area (Å²) in [7, 11) is 1.94. The highest BCUT2D eigenvalue weighted by molar-refractivity contribution is 5.36. The van der Waals surface area contributed by atoms with Crippen molar-refractivity contribution in [2.24, 2.45) is 7.05 Å². The number of allylic oxidation sites excluding steroid dienone is 1. The van der Waals surface area contributed by atoms with Gasteiger partial charge in [0.05, 0.1) is 11.1 Å². The molecule has 3 rings (SSSR count). The van der Waals surface area contributed by atoms with Gasteiger partial charge in [-0.1, -0.05) is 0 Å². The van der Waals surface area contributed by atoms with Crippen LogP contribution in [0.5, 0.6) is 0 Å². The van der Waals surface area contributed by atoms with Crippen molar-refractivity contribution in [1.82, 2.24) is 14.8 Å². The van der Waals surface area contributed by atoms with E-state index in [0.29, 0.717) is 12.4 Å². The molecule has 0 fully saturated rings. The monoisotopic (exact) mass is 287 g/mol. The lowest BCUT2D eigenvalue weighted by Gasteiger charge is -2.20. The van der Waals surface area contributed by atoms with Crippen LogP contribution >= 0.6 is 0 Å². The fourth-order valence-electron chi connectivity index (χ4n) is 2.51. The molecule has 108 valence electrons. The number of hydrogen-bond acceptors (Lipinski definition) is 5. The molecule has 0 radical (unpaired) electrons. The number of aromatic nitrogens is 4. The predicted molar refractivity (Wildman–Crippen MR) is 73.8 cm³/mol. The molecule has 1 atom stereocenters. The zero-order valence-electron chi connectivity index (χ0n) is 11.7. The fraction of sp³-hybridized carbons (Fsp3) is 0.308. The lowest BCUT2D eigenvalue weighted by atomic mass is 10.0. The maximum Gasteiger partial charge on any atom is 0.286 e. The van der Waals surface area contributed by atoms with Crippen LogP contribution < -0.4 is 9.88 Å². The number of hydrogen-bond donors (Lipinski definition) is 1. The second kappa shape index (κ2) is 4.97. The summed E-state index contributed by atoms with van der Waals surface area (Å²) in [5.74, 6) is 0.518. The number of aryl methyl sites for hydroxylation is 2. The first-order valence-corrected chi connectivity index (χ1v) is 6.51. The van der Waals surface area contributed by atoms with Crippen molar-refractivity contribution < 1.29 is 9.49 Å². The molecule has 0 aromatic carbocycles. The van der Waals surface area contributed by atoms with Crippen molar-refractivity contribution in [2.45, 2.75) is 19.4 Å². The third kappa shape index (κ3) is 2.35. The SMILES string of the molecule is Cc1c[n+](C)ccc1CC1C([N+](=O)[O-])=CNc2ncnn21. The number of pyridine rings is 1. The van der Waals surface area contributed by atoms with Gasteiger partial charge in [0.2, 0.25) is 5.95 Å². The van der Waals surface area contributed by atoms with Crippen LogP contribution in [0.25, 0.3) is 0 Å². The van der Waals surface area contributed by atoms with Gasteiger partial charge < -0.3 is 5.32 Å². The molecule has 2 aromatic heterocycles. The normalized spacial score (nSPS) is 16.9. The van der Waals surface area contributed by atoms with Gasteiger partial charge in [0, 0.05) is 18.1 Å². The molecule has 0 spiro atoms. The van der Waals surface area contributed by atoms with E-state index in [9.17, 15) is 10.1 Å². The van der Waals surface area contributed by atoms with Gasteiger partial charge >= 0.3 is 0 Å². The van der Waals surface area contributed by atoms with Gasteiger partial charge in [-0.2, -0.15) is 10.1 Å². The highest BCUT2D eigenvalue weighted by atomic mass is 16.6. The van der Waals surface area contributed by atoms with E-state index < -0.39 is 6.04 Å². The standard InChI is InChI=1S/C13H15N6O2/c1-9-7-17(2)4-3-10(9)5-11-12(19(20)21)6-14-13-15-8-16-18(11)13/h3-4,6-8,11H,5H2,1-2H3,(H,14,15,16)/q+1. The van der Waals surface area contributed by atoms with E-state index in [0.717, 1.165) is 11.1 Å². The summed E-state index contributed by atoms with van der Waals surface area (Å²) in [6.07, 6.45) is 7.21. The summed E-state index contributed by atoms with van der Waals surface area (Å²) in [5, 5.41) is 18.2. The number of nitrogens with zero attached hydrogens (tertiary/aromatic N) is 5. The van der Waals surface area contributed by atoms with Crippen LogP contribution in [0.1, 0.15) is 17.2 Å². The van der Waals surface area contributed by atoms with Crippen molar-refractivity contribution in [3.8, 4) is 0 Å². The van der Waals surface area contributed by atoms with Crippen LogP contribution in [0, 0.1) is 17.0 Å². The lowest BCUT2D eigenvalue weighted by molar-refractivity contribution is -0.671. The quantitative estimate of drug-likeness (QED) is 0.511. The molecule has 1 aliphatic rings. The van der Waals surface area contributed by atoms with Crippen LogP contribution in [-0.4, -0.2) is 19.7 Å². The summed E-state index contributed by atoms with van der Waals surface area (Å²) >= 11 is 0. The van der Waals surface area contributed by atoms with Crippen molar-refractivity contribution >= 4 is 5.95 Å². The van der Waals surface area contributed by atoms with E-state index >= 15 is 0 Å². The third-order valence-electron chi connectivity index (χ3n) is 3.60. The molecule has 0 saturated heterocycles. The Bertz CT molecular complexity index is 736. The Morgan fingerprint density at radius 3 is 3.10 bits per heavy atom. The molecule has 8 heteroatoms. The zero-order chi connectivity index (χ0) is 15.0. The topological polar surface area (TPSA) is 89.8 Å². The van der Waals surface area contributed by atoms with E-state index in [4.69, 9.17) is 0 Å². The van der Waals surface area contributed by atoms with E-state index in [1.165, 1.54) is 12.5 Å². The van der Waals surface area contributed by atoms with E-state index in [1.54, 1.807) is 4.68 Å². The maximum atomic E-state index is 11.3. The molecule has 0 bridgehead atoms. The Morgan fingerprint density at radius 1 is 1.57 bits per heavy atom. The van der Waals surface area contributed by atoms with Gasteiger partial charge in [-0.15, -0.1) is 0 Å². The van der Waals surface area contributed by atoms with Gasteiger partial charge in [0.25, 0.3) is 5.70 Å². The zero-order valence-corrected chi connectivity index (χ0v) is 11.7. The van der Waals surface area contributed by atoms with Gasteiger partial charge in [0.15, 0.2) is 18.4 Å². The van der Waals surface area contributed by atoms with Gasteiger partial charge in [-0.25, -0.2) is 9.25 Å². The minimum absolute atomic E-state index is 0.0839. The Balaban J connectivity index is 1.99. The molecular weight excluding hydrogens is 272 g/mol. The number of anilines is 1. The molecule has 1 aliphatic heterocycles. The second-order valence-electron chi connectivity index (χ2n) is 5.04. The van der Waals surface area contributed by atoms with Crippen molar-refractivity contribution in [1.29, 1.82) is 0 Å². The minimum atomic E-state index is -0.467. The van der Waals surface area contributed by atoms with E-state index in [1.807, 2.05) is 37.0 Å². The molecule has 0 aliphatic carbocycles. The maximum absolute atomic E-state index is 11.3. The molecule has 0 saturated carbocycles. The largest absolute Gasteiger partial charge is 0.325 e. The van der Waals surface area contributed by atoms with Crippen LogP contribution in [-0.2, 0) is 13.5 Å². The lowest BCUT2D eigenvalue weighted by Crippen LogP contribution is -2.29. The number of nitrogens with one attached hydrogen (secondary N) is 1. The molecule has 0 amide bonds. The number of nitro groups is 1. The smallest absolute Gasteiger partial charge is 0.286 e. The first kappa shape index (κ1) is 13.2. The van der Waals surface area contributed by atoms with Gasteiger partial charge in [0.1, 0.15) is 13.4 Å². The van der Waals surface area contributed by atoms with Crippen molar-refractivity contribution in [3.63, 3.8) is 0 Å². The molecule has 2 aromatic rings.